The van der Waals surface area contributed by atoms with Crippen LogP contribution in [-0.2, 0) is 14.3 Å². The Morgan fingerprint density at radius 1 is 1.11 bits per heavy atom. The molecule has 3 rings (SSSR count). The fourth-order valence-corrected chi connectivity index (χ4v) is 3.61. The van der Waals surface area contributed by atoms with Crippen LogP contribution in [0.5, 0.6) is 0 Å². The molecule has 0 amide bonds. The lowest BCUT2D eigenvalue weighted by atomic mass is 10.2. The number of rotatable bonds is 7. The van der Waals surface area contributed by atoms with Crippen molar-refractivity contribution in [1.29, 1.82) is 0 Å². The Balaban J connectivity index is 2.07. The zero-order valence-electron chi connectivity index (χ0n) is 15.3. The Morgan fingerprint density at radius 3 is 2.39 bits per heavy atom. The normalized spacial score (nSPS) is 11.8. The van der Waals surface area contributed by atoms with Gasteiger partial charge in [0.05, 0.1) is 6.61 Å². The number of esters is 1. The largest absolute Gasteiger partial charge is 0.465 e. The van der Waals surface area contributed by atoms with Crippen molar-refractivity contribution >= 4 is 35.1 Å². The molecule has 6 nitrogen and oxygen atoms in total. The summed E-state index contributed by atoms with van der Waals surface area (Å²) in [6.07, 6.45) is 0. The first-order chi connectivity index (χ1) is 13.5. The molecule has 0 aliphatic rings. The predicted octanol–water partition coefficient (Wildman–Crippen LogP) is 4.20. The Morgan fingerprint density at radius 2 is 1.79 bits per heavy atom. The lowest BCUT2D eigenvalue weighted by molar-refractivity contribution is -0.144. The molecule has 0 radical (unpaired) electrons. The molecular weight excluding hydrogens is 398 g/mol. The number of hydrogen-bond acceptors (Lipinski definition) is 6. The topological polar surface area (TPSA) is 74.1 Å². The highest BCUT2D eigenvalue weighted by atomic mass is 35.5. The van der Waals surface area contributed by atoms with Gasteiger partial charge in [0.25, 0.3) is 0 Å². The number of aromatic nitrogens is 3. The average Bonchev–Trinajstić information content (AvgIpc) is 3.11. The van der Waals surface area contributed by atoms with Gasteiger partial charge in [-0.3, -0.25) is 14.2 Å². The summed E-state index contributed by atoms with van der Waals surface area (Å²) in [6, 6.07) is 16.7. The minimum Gasteiger partial charge on any atom is -0.465 e. The van der Waals surface area contributed by atoms with Gasteiger partial charge in [-0.25, -0.2) is 0 Å². The van der Waals surface area contributed by atoms with E-state index in [0.29, 0.717) is 16.0 Å². The van der Waals surface area contributed by atoms with Gasteiger partial charge in [0.15, 0.2) is 22.0 Å². The first-order valence-electron chi connectivity index (χ1n) is 8.61. The van der Waals surface area contributed by atoms with Crippen LogP contribution in [0.15, 0.2) is 59.8 Å². The maximum atomic E-state index is 12.2. The minimum atomic E-state index is -1.01. The summed E-state index contributed by atoms with van der Waals surface area (Å²) in [4.78, 5) is 24.2. The van der Waals surface area contributed by atoms with E-state index in [4.69, 9.17) is 16.3 Å². The van der Waals surface area contributed by atoms with Gasteiger partial charge in [-0.2, -0.15) is 0 Å². The first-order valence-corrected chi connectivity index (χ1v) is 9.87. The zero-order chi connectivity index (χ0) is 20.1. The molecule has 0 aliphatic carbocycles. The fourth-order valence-electron chi connectivity index (χ4n) is 2.56. The van der Waals surface area contributed by atoms with Crippen molar-refractivity contribution in [2.45, 2.75) is 24.3 Å². The number of carbonyl (C=O) groups is 2. The quantitative estimate of drug-likeness (QED) is 0.327. The summed E-state index contributed by atoms with van der Waals surface area (Å²) < 4.78 is 6.84. The van der Waals surface area contributed by atoms with Gasteiger partial charge in [-0.1, -0.05) is 41.6 Å². The van der Waals surface area contributed by atoms with Crippen LogP contribution >= 0.6 is 23.4 Å². The summed E-state index contributed by atoms with van der Waals surface area (Å²) in [7, 11) is 0. The van der Waals surface area contributed by atoms with Crippen LogP contribution in [-0.4, -0.2) is 38.4 Å². The van der Waals surface area contributed by atoms with Crippen molar-refractivity contribution in [2.75, 3.05) is 6.61 Å². The second-order valence-electron chi connectivity index (χ2n) is 5.84. The molecule has 1 atom stereocenters. The molecule has 0 saturated carbocycles. The molecule has 8 heteroatoms. The van der Waals surface area contributed by atoms with E-state index in [0.717, 1.165) is 23.0 Å². The van der Waals surface area contributed by atoms with Crippen LogP contribution in [0.4, 0.5) is 0 Å². The Labute approximate surface area is 171 Å². The number of ketones is 1. The number of thioether (sulfide) groups is 1. The van der Waals surface area contributed by atoms with Crippen molar-refractivity contribution in [1.82, 2.24) is 14.8 Å². The summed E-state index contributed by atoms with van der Waals surface area (Å²) in [6.45, 7) is 3.26. The first kappa shape index (κ1) is 20.1. The Bertz CT molecular complexity index is 974. The van der Waals surface area contributed by atoms with Crippen LogP contribution in [0.1, 0.15) is 13.8 Å². The number of Topliss-reactive ketones (excluding diaryl/α,β-unsaturated/α-hetero) is 1. The van der Waals surface area contributed by atoms with Crippen molar-refractivity contribution in [3.8, 4) is 17.1 Å². The highest BCUT2D eigenvalue weighted by Gasteiger charge is 2.29. The van der Waals surface area contributed by atoms with Gasteiger partial charge in [0.2, 0.25) is 0 Å². The van der Waals surface area contributed by atoms with E-state index >= 15 is 0 Å². The standard InChI is InChI=1S/C20H18ClN3O3S/c1-3-27-19(26)17(13(2)25)28-20-23-22-18(14-9-11-15(21)12-10-14)24(20)16-7-5-4-6-8-16/h4-12,17H,3H2,1-2H3. The van der Waals surface area contributed by atoms with Crippen molar-refractivity contribution in [2.24, 2.45) is 0 Å². The second kappa shape index (κ2) is 9.03. The average molecular weight is 416 g/mol. The van der Waals surface area contributed by atoms with E-state index in [1.807, 2.05) is 47.0 Å². The van der Waals surface area contributed by atoms with Gasteiger partial charge < -0.3 is 4.74 Å². The Kier molecular flexibility index (Phi) is 6.49. The molecule has 0 N–H and O–H groups in total. The summed E-state index contributed by atoms with van der Waals surface area (Å²) in [5.74, 6) is -0.314. The van der Waals surface area contributed by atoms with Crippen molar-refractivity contribution in [3.05, 3.63) is 59.6 Å². The van der Waals surface area contributed by atoms with E-state index in [-0.39, 0.29) is 12.4 Å². The molecule has 3 aromatic rings. The highest BCUT2D eigenvalue weighted by molar-refractivity contribution is 8.01. The van der Waals surface area contributed by atoms with E-state index < -0.39 is 11.2 Å². The van der Waals surface area contributed by atoms with E-state index in [1.165, 1.54) is 6.92 Å². The van der Waals surface area contributed by atoms with Gasteiger partial charge in [0, 0.05) is 16.3 Å². The SMILES string of the molecule is CCOC(=O)C(Sc1nnc(-c2ccc(Cl)cc2)n1-c1ccccc1)C(C)=O. The van der Waals surface area contributed by atoms with Crippen LogP contribution < -0.4 is 0 Å². The van der Waals surface area contributed by atoms with Crippen LogP contribution in [0.25, 0.3) is 17.1 Å². The lowest BCUT2D eigenvalue weighted by Crippen LogP contribution is -2.27. The van der Waals surface area contributed by atoms with Crippen LogP contribution in [0.2, 0.25) is 5.02 Å². The van der Waals surface area contributed by atoms with Crippen LogP contribution in [0, 0.1) is 0 Å². The number of ether oxygens (including phenoxy) is 1. The minimum absolute atomic E-state index is 0.199. The molecule has 0 saturated heterocycles. The molecule has 1 aromatic heterocycles. The third-order valence-corrected chi connectivity index (χ3v) is 5.33. The maximum absolute atomic E-state index is 12.2. The third kappa shape index (κ3) is 4.43. The summed E-state index contributed by atoms with van der Waals surface area (Å²) >= 11 is 7.02. The number of hydrogen-bond donors (Lipinski definition) is 0. The molecule has 0 spiro atoms. The monoisotopic (exact) mass is 415 g/mol. The summed E-state index contributed by atoms with van der Waals surface area (Å²) in [5.41, 5.74) is 1.62. The maximum Gasteiger partial charge on any atom is 0.327 e. The van der Waals surface area contributed by atoms with Gasteiger partial charge in [0.1, 0.15) is 0 Å². The molecule has 144 valence electrons. The fraction of sp³-hybridized carbons (Fsp3) is 0.200. The number of nitrogens with zero attached hydrogens (tertiary/aromatic N) is 3. The molecule has 0 bridgehead atoms. The molecule has 1 unspecified atom stereocenters. The third-order valence-electron chi connectivity index (χ3n) is 3.84. The van der Waals surface area contributed by atoms with E-state index in [9.17, 15) is 9.59 Å². The number of halogens is 1. The smallest absolute Gasteiger partial charge is 0.327 e. The number of benzene rings is 2. The van der Waals surface area contributed by atoms with Crippen LogP contribution in [0.3, 0.4) is 0 Å². The molecule has 28 heavy (non-hydrogen) atoms. The van der Waals surface area contributed by atoms with Gasteiger partial charge in [-0.05, 0) is 50.2 Å². The number of carbonyl (C=O) groups excluding carboxylic acids is 2. The summed E-state index contributed by atoms with van der Waals surface area (Å²) in [5, 5.41) is 8.56. The van der Waals surface area contributed by atoms with Gasteiger partial charge in [-0.15, -0.1) is 10.2 Å². The van der Waals surface area contributed by atoms with Crippen molar-refractivity contribution in [3.63, 3.8) is 0 Å². The van der Waals surface area contributed by atoms with E-state index in [1.54, 1.807) is 19.1 Å². The van der Waals surface area contributed by atoms with E-state index in [2.05, 4.69) is 10.2 Å². The predicted molar refractivity (Wildman–Crippen MR) is 109 cm³/mol. The lowest BCUT2D eigenvalue weighted by Gasteiger charge is -2.14. The zero-order valence-corrected chi connectivity index (χ0v) is 16.9. The number of para-hydroxylation sites is 1. The molecule has 0 fully saturated rings. The van der Waals surface area contributed by atoms with Gasteiger partial charge >= 0.3 is 5.97 Å². The van der Waals surface area contributed by atoms with Crippen molar-refractivity contribution < 1.29 is 14.3 Å². The molecule has 1 heterocycles. The Hall–Kier alpha value is -2.64. The second-order valence-corrected chi connectivity index (χ2v) is 7.35. The molecule has 2 aromatic carbocycles. The molecule has 0 aliphatic heterocycles. The molecular formula is C20H18ClN3O3S. The highest BCUT2D eigenvalue weighted by Crippen LogP contribution is 2.31.